The van der Waals surface area contributed by atoms with E-state index in [1.807, 2.05) is 0 Å². The third-order valence-corrected chi connectivity index (χ3v) is 3.23. The summed E-state index contributed by atoms with van der Waals surface area (Å²) >= 11 is 5.88. The number of methoxy groups -OCH3 is 2. The van der Waals surface area contributed by atoms with Gasteiger partial charge in [-0.25, -0.2) is 4.79 Å². The van der Waals surface area contributed by atoms with Crippen LogP contribution in [0.4, 0.5) is 0 Å². The molecule has 0 N–H and O–H groups in total. The van der Waals surface area contributed by atoms with E-state index in [0.717, 1.165) is 0 Å². The number of rotatable bonds is 7. The number of hydrogen-bond acceptors (Lipinski definition) is 5. The lowest BCUT2D eigenvalue weighted by atomic mass is 10.2. The predicted octanol–water partition coefficient (Wildman–Crippen LogP) is 3.59. The lowest BCUT2D eigenvalue weighted by molar-refractivity contribution is 0.0595. The minimum absolute atomic E-state index is 0.254. The van der Waals surface area contributed by atoms with Crippen LogP contribution in [0, 0.1) is 0 Å². The molecule has 0 aliphatic heterocycles. The van der Waals surface area contributed by atoms with Gasteiger partial charge in [-0.1, -0.05) is 17.7 Å². The van der Waals surface area contributed by atoms with E-state index in [2.05, 4.69) is 0 Å². The Labute approximate surface area is 139 Å². The van der Waals surface area contributed by atoms with Crippen molar-refractivity contribution in [2.75, 3.05) is 27.4 Å². The van der Waals surface area contributed by atoms with Crippen LogP contribution >= 0.6 is 11.6 Å². The Kier molecular flexibility index (Phi) is 6.11. The first-order valence-electron chi connectivity index (χ1n) is 6.91. The Morgan fingerprint density at radius 3 is 2.48 bits per heavy atom. The van der Waals surface area contributed by atoms with E-state index in [9.17, 15) is 4.79 Å². The maximum absolute atomic E-state index is 11.7. The van der Waals surface area contributed by atoms with Gasteiger partial charge in [0.05, 0.1) is 14.2 Å². The normalized spacial score (nSPS) is 10.0. The van der Waals surface area contributed by atoms with E-state index < -0.39 is 5.97 Å². The van der Waals surface area contributed by atoms with Crippen LogP contribution in [0.15, 0.2) is 42.5 Å². The van der Waals surface area contributed by atoms with Gasteiger partial charge >= 0.3 is 5.97 Å². The van der Waals surface area contributed by atoms with Gasteiger partial charge in [0.15, 0.2) is 0 Å². The van der Waals surface area contributed by atoms with E-state index in [1.54, 1.807) is 49.6 Å². The Hall–Kier alpha value is -2.40. The summed E-state index contributed by atoms with van der Waals surface area (Å²) in [5, 5.41) is 0.601. The van der Waals surface area contributed by atoms with Gasteiger partial charge in [-0.15, -0.1) is 0 Å². The molecule has 0 unspecified atom stereocenters. The van der Waals surface area contributed by atoms with Crippen molar-refractivity contribution in [1.82, 2.24) is 0 Å². The molecular weight excluding hydrogens is 320 g/mol. The van der Waals surface area contributed by atoms with Crippen molar-refractivity contribution >= 4 is 17.6 Å². The largest absolute Gasteiger partial charge is 0.497 e. The number of halogens is 1. The van der Waals surface area contributed by atoms with E-state index in [1.165, 1.54) is 7.11 Å². The SMILES string of the molecule is COC(=O)c1ccc(OC)cc1OCCOc1cccc(Cl)c1. The highest BCUT2D eigenvalue weighted by Crippen LogP contribution is 2.25. The van der Waals surface area contributed by atoms with Gasteiger partial charge in [0.2, 0.25) is 0 Å². The molecule has 122 valence electrons. The molecule has 0 saturated heterocycles. The first-order valence-corrected chi connectivity index (χ1v) is 7.29. The van der Waals surface area contributed by atoms with Gasteiger partial charge < -0.3 is 18.9 Å². The van der Waals surface area contributed by atoms with Gasteiger partial charge in [0, 0.05) is 11.1 Å². The summed E-state index contributed by atoms with van der Waals surface area (Å²) in [6.07, 6.45) is 0. The zero-order chi connectivity index (χ0) is 16.7. The third-order valence-electron chi connectivity index (χ3n) is 3.00. The Balaban J connectivity index is 1.97. The number of ether oxygens (including phenoxy) is 4. The van der Waals surface area contributed by atoms with Crippen molar-refractivity contribution in [3.63, 3.8) is 0 Å². The minimum atomic E-state index is -0.474. The molecule has 0 amide bonds. The molecule has 2 aromatic rings. The summed E-state index contributed by atoms with van der Waals surface area (Å²) in [4.78, 5) is 11.7. The topological polar surface area (TPSA) is 54.0 Å². The van der Waals surface area contributed by atoms with Crippen molar-refractivity contribution in [2.24, 2.45) is 0 Å². The molecule has 2 aromatic carbocycles. The average Bonchev–Trinajstić information content (AvgIpc) is 2.58. The maximum atomic E-state index is 11.7. The second kappa shape index (κ2) is 8.29. The lowest BCUT2D eigenvalue weighted by Crippen LogP contribution is -2.12. The van der Waals surface area contributed by atoms with Crippen molar-refractivity contribution in [3.05, 3.63) is 53.1 Å². The van der Waals surface area contributed by atoms with Gasteiger partial charge in [0.25, 0.3) is 0 Å². The molecule has 0 radical (unpaired) electrons. The maximum Gasteiger partial charge on any atom is 0.341 e. The van der Waals surface area contributed by atoms with Crippen LogP contribution < -0.4 is 14.2 Å². The highest BCUT2D eigenvalue weighted by atomic mass is 35.5. The molecular formula is C17H17ClO5. The fraction of sp³-hybridized carbons (Fsp3) is 0.235. The molecule has 0 spiro atoms. The molecule has 0 fully saturated rings. The molecule has 6 heteroatoms. The monoisotopic (exact) mass is 336 g/mol. The van der Waals surface area contributed by atoms with Crippen LogP contribution in [0.1, 0.15) is 10.4 Å². The summed E-state index contributed by atoms with van der Waals surface area (Å²) in [5.74, 6) is 1.15. The van der Waals surface area contributed by atoms with Gasteiger partial charge in [-0.05, 0) is 30.3 Å². The van der Waals surface area contributed by atoms with Crippen LogP contribution in [0.3, 0.4) is 0 Å². The minimum Gasteiger partial charge on any atom is -0.497 e. The first-order chi connectivity index (χ1) is 11.1. The molecule has 0 aliphatic carbocycles. The number of carbonyl (C=O) groups excluding carboxylic acids is 1. The van der Waals surface area contributed by atoms with Crippen LogP contribution in [0.5, 0.6) is 17.2 Å². The van der Waals surface area contributed by atoms with Gasteiger partial charge in [-0.2, -0.15) is 0 Å². The molecule has 0 bridgehead atoms. The van der Waals surface area contributed by atoms with Crippen molar-refractivity contribution in [1.29, 1.82) is 0 Å². The number of benzene rings is 2. The van der Waals surface area contributed by atoms with E-state index >= 15 is 0 Å². The fourth-order valence-electron chi connectivity index (χ4n) is 1.90. The summed E-state index contributed by atoms with van der Waals surface area (Å²) in [7, 11) is 2.86. The smallest absolute Gasteiger partial charge is 0.341 e. The molecule has 0 heterocycles. The van der Waals surface area contributed by atoms with Crippen molar-refractivity contribution in [2.45, 2.75) is 0 Å². The zero-order valence-corrected chi connectivity index (χ0v) is 13.6. The quantitative estimate of drug-likeness (QED) is 0.571. The molecule has 23 heavy (non-hydrogen) atoms. The number of hydrogen-bond donors (Lipinski definition) is 0. The molecule has 0 aliphatic rings. The lowest BCUT2D eigenvalue weighted by Gasteiger charge is -2.12. The van der Waals surface area contributed by atoms with Crippen molar-refractivity contribution in [3.8, 4) is 17.2 Å². The second-order valence-electron chi connectivity index (χ2n) is 4.51. The second-order valence-corrected chi connectivity index (χ2v) is 4.94. The van der Waals surface area contributed by atoms with Crippen LogP contribution in [-0.2, 0) is 4.74 Å². The summed E-state index contributed by atoms with van der Waals surface area (Å²) in [6.45, 7) is 0.557. The Morgan fingerprint density at radius 1 is 1.00 bits per heavy atom. The number of esters is 1. The average molecular weight is 337 g/mol. The Bertz CT molecular complexity index is 672. The zero-order valence-electron chi connectivity index (χ0n) is 12.9. The van der Waals surface area contributed by atoms with Gasteiger partial charge in [-0.3, -0.25) is 0 Å². The molecule has 2 rings (SSSR count). The van der Waals surface area contributed by atoms with Gasteiger partial charge in [0.1, 0.15) is 36.0 Å². The molecule has 0 atom stereocenters. The van der Waals surface area contributed by atoms with Crippen LogP contribution in [-0.4, -0.2) is 33.4 Å². The van der Waals surface area contributed by atoms with Crippen LogP contribution in [0.2, 0.25) is 5.02 Å². The summed E-state index contributed by atoms with van der Waals surface area (Å²) in [6, 6.07) is 12.0. The third kappa shape index (κ3) is 4.79. The van der Waals surface area contributed by atoms with Crippen LogP contribution in [0.25, 0.3) is 0 Å². The molecule has 0 saturated carbocycles. The fourth-order valence-corrected chi connectivity index (χ4v) is 2.08. The highest BCUT2D eigenvalue weighted by molar-refractivity contribution is 6.30. The summed E-state index contributed by atoms with van der Waals surface area (Å²) < 4.78 is 21.0. The van der Waals surface area contributed by atoms with Crippen molar-refractivity contribution < 1.29 is 23.7 Å². The van der Waals surface area contributed by atoms with E-state index in [-0.39, 0.29) is 6.61 Å². The number of carbonyl (C=O) groups is 1. The standard InChI is InChI=1S/C17H17ClO5/c1-20-13-6-7-15(17(19)21-2)16(11-13)23-9-8-22-14-5-3-4-12(18)10-14/h3-7,10-11H,8-9H2,1-2H3. The Morgan fingerprint density at radius 2 is 1.78 bits per heavy atom. The summed E-state index contributed by atoms with van der Waals surface area (Å²) in [5.41, 5.74) is 0.330. The molecule has 5 nitrogen and oxygen atoms in total. The highest BCUT2D eigenvalue weighted by Gasteiger charge is 2.14. The predicted molar refractivity (Wildman–Crippen MR) is 86.8 cm³/mol. The first kappa shape index (κ1) is 17.0. The van der Waals surface area contributed by atoms with E-state index in [4.69, 9.17) is 30.5 Å². The molecule has 0 aromatic heterocycles. The van der Waals surface area contributed by atoms with E-state index in [0.29, 0.717) is 34.4 Å².